The van der Waals surface area contributed by atoms with Crippen LogP contribution in [-0.2, 0) is 27.0 Å². The van der Waals surface area contributed by atoms with Crippen LogP contribution in [-0.4, -0.2) is 23.1 Å². The van der Waals surface area contributed by atoms with Crippen molar-refractivity contribution in [2.24, 2.45) is 0 Å². The molecule has 0 amide bonds. The van der Waals surface area contributed by atoms with Crippen LogP contribution in [0.15, 0.2) is 60.7 Å². The number of carbonyl (C=O) groups is 4. The first-order valence-electron chi connectivity index (χ1n) is 20.1. The van der Waals surface area contributed by atoms with Crippen LogP contribution in [0.25, 0.3) is 44.2 Å². The maximum Gasteiger partial charge on any atom is 0.416 e. The van der Waals surface area contributed by atoms with E-state index in [1.807, 2.05) is 31.2 Å². The number of ether oxygens (including phenoxy) is 2. The van der Waals surface area contributed by atoms with Gasteiger partial charge in [-0.05, 0) is 124 Å². The van der Waals surface area contributed by atoms with Crippen LogP contribution in [0, 0.1) is 6.92 Å². The molecule has 11 rings (SSSR count). The van der Waals surface area contributed by atoms with Crippen LogP contribution in [0.1, 0.15) is 128 Å². The Hall–Kier alpha value is -5.39. The summed E-state index contributed by atoms with van der Waals surface area (Å²) < 4.78 is 54.9. The molecule has 6 nitrogen and oxygen atoms in total. The summed E-state index contributed by atoms with van der Waals surface area (Å²) in [6.45, 7) is 1.91. The van der Waals surface area contributed by atoms with Gasteiger partial charge >= 0.3 is 6.18 Å². The van der Waals surface area contributed by atoms with Crippen LogP contribution in [0.2, 0.25) is 0 Å². The van der Waals surface area contributed by atoms with Crippen molar-refractivity contribution >= 4 is 69.1 Å². The van der Waals surface area contributed by atoms with Crippen LogP contribution in [0.4, 0.5) is 13.2 Å². The molecule has 2 saturated carbocycles. The third kappa shape index (κ3) is 5.49. The molecular weight excluding hydrogens is 794 g/mol. The van der Waals surface area contributed by atoms with Crippen molar-refractivity contribution in [1.29, 1.82) is 0 Å². The van der Waals surface area contributed by atoms with E-state index in [-0.39, 0.29) is 16.7 Å². The summed E-state index contributed by atoms with van der Waals surface area (Å²) in [7, 11) is 0. The van der Waals surface area contributed by atoms with Crippen molar-refractivity contribution in [2.75, 3.05) is 0 Å². The number of allylic oxidation sites excluding steroid dienone is 2. The first kappa shape index (κ1) is 36.7. The highest BCUT2D eigenvalue weighted by atomic mass is 32.1. The van der Waals surface area contributed by atoms with Crippen molar-refractivity contribution in [1.82, 2.24) is 0 Å². The van der Waals surface area contributed by atoms with Gasteiger partial charge in [0.15, 0.2) is 0 Å². The molecule has 0 saturated heterocycles. The minimum atomic E-state index is -4.65. The number of benzene rings is 3. The maximum absolute atomic E-state index is 13.5. The quantitative estimate of drug-likeness (QED) is 0.130. The molecule has 2 fully saturated rings. The zero-order valence-corrected chi connectivity index (χ0v) is 33.5. The fraction of sp³-hybridized carbons (Fsp3) is 0.292. The molecule has 296 valence electrons. The number of ketones is 4. The van der Waals surface area contributed by atoms with Gasteiger partial charge in [0.1, 0.15) is 22.7 Å². The molecule has 4 heterocycles. The van der Waals surface area contributed by atoms with E-state index < -0.39 is 46.1 Å². The molecule has 11 heteroatoms. The fourth-order valence-electron chi connectivity index (χ4n) is 10.2. The van der Waals surface area contributed by atoms with Gasteiger partial charge in [0.25, 0.3) is 0 Å². The molecule has 3 aromatic carbocycles. The lowest BCUT2D eigenvalue weighted by molar-refractivity contribution is -0.137. The lowest BCUT2D eigenvalue weighted by Gasteiger charge is -2.44. The summed E-state index contributed by atoms with van der Waals surface area (Å²) in [5.74, 6) is -1.27. The van der Waals surface area contributed by atoms with Crippen LogP contribution in [0.3, 0.4) is 0 Å². The molecule has 0 unspecified atom stereocenters. The number of hydrogen-bond donors (Lipinski definition) is 0. The number of thiophene rings is 2. The lowest BCUT2D eigenvalue weighted by Crippen LogP contribution is -2.38. The zero-order chi connectivity index (χ0) is 40.6. The Balaban J connectivity index is 1.04. The SMILES string of the molecule is Cc1ccc2c(c1)C(=O)C(=O)/C2=C\c1cc2c(s1)-c1cc3c(cc1OC21CCCCC1)-c1sc(/C=C2\C(=O)C(=O)c4cc(C(F)(F)F)ccc42)cc1C1(CCCCC1)O3. The molecule has 2 spiro atoms. The van der Waals surface area contributed by atoms with Crippen molar-refractivity contribution in [3.63, 3.8) is 0 Å². The summed E-state index contributed by atoms with van der Waals surface area (Å²) in [6.07, 6.45) is 8.25. The molecule has 6 aliphatic rings. The third-order valence-electron chi connectivity index (χ3n) is 13.1. The highest BCUT2D eigenvalue weighted by molar-refractivity contribution is 7.17. The van der Waals surface area contributed by atoms with Crippen LogP contribution in [0.5, 0.6) is 11.5 Å². The van der Waals surface area contributed by atoms with E-state index in [4.69, 9.17) is 9.47 Å². The molecule has 5 aromatic rings. The van der Waals surface area contributed by atoms with E-state index in [0.29, 0.717) is 21.6 Å². The van der Waals surface area contributed by atoms with Gasteiger partial charge in [-0.25, -0.2) is 0 Å². The van der Waals surface area contributed by atoms with Crippen molar-refractivity contribution in [3.8, 4) is 32.4 Å². The van der Waals surface area contributed by atoms with E-state index >= 15 is 0 Å². The third-order valence-corrected chi connectivity index (χ3v) is 15.3. The topological polar surface area (TPSA) is 86.7 Å². The van der Waals surface area contributed by atoms with Gasteiger partial charge in [0.05, 0.1) is 5.56 Å². The monoisotopic (exact) mass is 828 g/mol. The Morgan fingerprint density at radius 3 is 1.47 bits per heavy atom. The van der Waals surface area contributed by atoms with Gasteiger partial charge < -0.3 is 9.47 Å². The molecule has 0 atom stereocenters. The molecule has 2 aliphatic heterocycles. The Morgan fingerprint density at radius 2 is 1.00 bits per heavy atom. The van der Waals surface area contributed by atoms with E-state index in [9.17, 15) is 32.3 Å². The maximum atomic E-state index is 13.5. The molecule has 0 radical (unpaired) electrons. The second-order valence-electron chi connectivity index (χ2n) is 16.7. The van der Waals surface area contributed by atoms with Gasteiger partial charge in [0, 0.05) is 64.0 Å². The Morgan fingerprint density at radius 1 is 0.542 bits per heavy atom. The minimum absolute atomic E-state index is 0.0856. The number of Topliss-reactive ketones (excluding diaryl/α,β-unsaturated/α-hetero) is 4. The molecular formula is C48H35F3O6S2. The Kier molecular flexibility index (Phi) is 7.96. The van der Waals surface area contributed by atoms with Crippen LogP contribution < -0.4 is 9.47 Å². The number of alkyl halides is 3. The molecule has 4 aliphatic carbocycles. The van der Waals surface area contributed by atoms with Gasteiger partial charge in [-0.2, -0.15) is 13.2 Å². The first-order chi connectivity index (χ1) is 28.3. The zero-order valence-electron chi connectivity index (χ0n) is 31.9. The summed E-state index contributed by atoms with van der Waals surface area (Å²) in [4.78, 5) is 56.2. The number of carbonyl (C=O) groups excluding carboxylic acids is 4. The normalized spacial score (nSPS) is 20.9. The van der Waals surface area contributed by atoms with Gasteiger partial charge in [-0.1, -0.05) is 36.6 Å². The summed E-state index contributed by atoms with van der Waals surface area (Å²) >= 11 is 3.07. The van der Waals surface area contributed by atoms with E-state index in [1.54, 1.807) is 23.5 Å². The highest BCUT2D eigenvalue weighted by Crippen LogP contribution is 2.60. The lowest BCUT2D eigenvalue weighted by atomic mass is 9.76. The van der Waals surface area contributed by atoms with Gasteiger partial charge in [0.2, 0.25) is 23.1 Å². The average Bonchev–Trinajstić information content (AvgIpc) is 3.97. The van der Waals surface area contributed by atoms with Gasteiger partial charge in [-0.15, -0.1) is 22.7 Å². The number of halogens is 3. The van der Waals surface area contributed by atoms with E-state index in [1.165, 1.54) is 17.4 Å². The molecule has 0 bridgehead atoms. The predicted octanol–water partition coefficient (Wildman–Crippen LogP) is 12.2. The van der Waals surface area contributed by atoms with Crippen molar-refractivity contribution < 1.29 is 41.8 Å². The van der Waals surface area contributed by atoms with Gasteiger partial charge in [-0.3, -0.25) is 19.2 Å². The summed E-state index contributed by atoms with van der Waals surface area (Å²) in [5.41, 5.74) is 4.21. The number of hydrogen-bond acceptors (Lipinski definition) is 8. The molecule has 59 heavy (non-hydrogen) atoms. The first-order valence-corrected chi connectivity index (χ1v) is 21.8. The largest absolute Gasteiger partial charge is 0.482 e. The second-order valence-corrected chi connectivity index (χ2v) is 18.8. The fourth-order valence-corrected chi connectivity index (χ4v) is 12.6. The standard InChI is InChI=1S/C48H35F3O6S2/c1-24-8-10-28-30(16-24)40(52)42(54)32(28)18-26-20-36-44(58-26)34-22-39-35(23-38(34)56-46(36)12-4-2-5-13-46)45-37(47(57-39)14-6-3-7-15-47)21-27(59-45)19-33-29-11-9-25(48(49,50)51)17-31(29)41(53)43(33)55/h8-11,16-23H,2-7,12-15H2,1H3/b32-18-,33-19-. The highest BCUT2D eigenvalue weighted by Gasteiger charge is 2.47. The van der Waals surface area contributed by atoms with Crippen molar-refractivity contribution in [2.45, 2.75) is 88.5 Å². The van der Waals surface area contributed by atoms with Crippen LogP contribution >= 0.6 is 22.7 Å². The number of aryl methyl sites for hydroxylation is 1. The molecule has 2 aromatic heterocycles. The van der Waals surface area contributed by atoms with E-state index in [0.717, 1.165) is 130 Å². The number of fused-ring (bicyclic) bond motifs is 10. The summed E-state index contributed by atoms with van der Waals surface area (Å²) in [5, 5.41) is 0. The predicted molar refractivity (Wildman–Crippen MR) is 221 cm³/mol. The molecule has 0 N–H and O–H groups in total. The minimum Gasteiger partial charge on any atom is -0.482 e. The van der Waals surface area contributed by atoms with Crippen molar-refractivity contribution in [3.05, 3.63) is 115 Å². The average molecular weight is 829 g/mol. The summed E-state index contributed by atoms with van der Waals surface area (Å²) in [6, 6.07) is 16.8. The van der Waals surface area contributed by atoms with E-state index in [2.05, 4.69) is 18.2 Å². The smallest absolute Gasteiger partial charge is 0.416 e. The second kappa shape index (κ2) is 12.8. The Labute approximate surface area is 345 Å². The Bertz CT molecular complexity index is 2820. The number of rotatable bonds is 2.